The summed E-state index contributed by atoms with van der Waals surface area (Å²) in [4.78, 5) is 0. The summed E-state index contributed by atoms with van der Waals surface area (Å²) >= 11 is 0. The van der Waals surface area contributed by atoms with Gasteiger partial charge in [-0.25, -0.2) is 0 Å². The third-order valence-corrected chi connectivity index (χ3v) is 0. The molecule has 0 aliphatic heterocycles. The van der Waals surface area contributed by atoms with Crippen LogP contribution in [0.25, 0.3) is 0 Å². The van der Waals surface area contributed by atoms with E-state index in [1.54, 1.807) is 0 Å². The van der Waals surface area contributed by atoms with Gasteiger partial charge < -0.3 is 42.6 Å². The van der Waals surface area contributed by atoms with Gasteiger partial charge in [0.15, 0.2) is 0 Å². The molecule has 2 N–H and O–H groups in total. The molecule has 0 fully saturated rings. The van der Waals surface area contributed by atoms with Gasteiger partial charge in [-0.05, 0) is 0 Å². The van der Waals surface area contributed by atoms with Crippen LogP contribution in [0.3, 0.4) is 0 Å². The molecule has 0 atom stereocenters. The molecule has 0 aromatic rings. The minimum Gasteiger partial charge on any atom is -0.412 e. The third-order valence-electron chi connectivity index (χ3n) is 0. The van der Waals surface area contributed by atoms with Gasteiger partial charge >= 0.3 is 17.1 Å². The standard InChI is InChI=1S/5CH3.Fe.H2O/h5*1H3;;1H2/q5*-1;+5;. The average molecular weight is 149 g/mol. The number of rotatable bonds is 0. The predicted octanol–water partition coefficient (Wildman–Crippen LogP) is 1.42. The summed E-state index contributed by atoms with van der Waals surface area (Å²) < 4.78 is 0. The molecule has 0 rings (SSSR count). The average Bonchev–Trinajstić information content (AvgIpc) is 0. The summed E-state index contributed by atoms with van der Waals surface area (Å²) in [5.41, 5.74) is 0. The van der Waals surface area contributed by atoms with E-state index in [9.17, 15) is 0 Å². The molecular weight excluding hydrogens is 132 g/mol. The van der Waals surface area contributed by atoms with Crippen LogP contribution in [0.5, 0.6) is 0 Å². The summed E-state index contributed by atoms with van der Waals surface area (Å²) in [7, 11) is 0. The Labute approximate surface area is 60.3 Å². The van der Waals surface area contributed by atoms with E-state index in [4.69, 9.17) is 0 Å². The first-order valence-corrected chi connectivity index (χ1v) is 0. The van der Waals surface area contributed by atoms with E-state index in [0.29, 0.717) is 0 Å². The molecule has 0 heterocycles. The first-order valence-electron chi connectivity index (χ1n) is 0. The van der Waals surface area contributed by atoms with Gasteiger partial charge in [-0.2, -0.15) is 0 Å². The van der Waals surface area contributed by atoms with Crippen LogP contribution in [-0.2, 0) is 17.1 Å². The Kier molecular flexibility index (Phi) is 165000. The Hall–Kier alpha value is 0.479. The zero-order chi connectivity index (χ0) is 0. The maximum atomic E-state index is 0. The minimum atomic E-state index is 0. The molecule has 7 heavy (non-hydrogen) atoms. The molecule has 1 radical (unpaired) electrons. The predicted molar refractivity (Wildman–Crippen MR) is 35.7 cm³/mol. The van der Waals surface area contributed by atoms with Gasteiger partial charge in [-0.15, -0.1) is 0 Å². The van der Waals surface area contributed by atoms with Crippen molar-refractivity contribution in [1.82, 2.24) is 0 Å². The van der Waals surface area contributed by atoms with Gasteiger partial charge in [0.2, 0.25) is 0 Å². The van der Waals surface area contributed by atoms with Crippen LogP contribution in [0.15, 0.2) is 0 Å². The summed E-state index contributed by atoms with van der Waals surface area (Å²) in [5, 5.41) is 0. The van der Waals surface area contributed by atoms with Gasteiger partial charge in [0.1, 0.15) is 0 Å². The maximum Gasteiger partial charge on any atom is 5.00 e. The summed E-state index contributed by atoms with van der Waals surface area (Å²) in [6.07, 6.45) is 0. The Balaban J connectivity index is 0. The number of hydrogen-bond acceptors (Lipinski definition) is 0. The third kappa shape index (κ3) is 566. The van der Waals surface area contributed by atoms with Crippen molar-refractivity contribution in [3.8, 4) is 0 Å². The van der Waals surface area contributed by atoms with Gasteiger partial charge in [-0.1, -0.05) is 0 Å². The fourth-order valence-corrected chi connectivity index (χ4v) is 0. The normalized spacial score (nSPS) is 0. The molecule has 1 nitrogen and oxygen atoms in total. The molecule has 0 unspecified atom stereocenters. The van der Waals surface area contributed by atoms with E-state index in [1.807, 2.05) is 0 Å². The van der Waals surface area contributed by atoms with E-state index >= 15 is 0 Å². The van der Waals surface area contributed by atoms with Crippen LogP contribution in [0.1, 0.15) is 0 Å². The molecule has 2 heteroatoms. The Bertz CT molecular complexity index is 8.04. The fourth-order valence-electron chi connectivity index (χ4n) is 0. The molecule has 0 saturated carbocycles. The summed E-state index contributed by atoms with van der Waals surface area (Å²) in [6.45, 7) is 0. The molecule has 0 aromatic heterocycles. The second-order valence-corrected chi connectivity index (χ2v) is 0. The molecule has 0 aliphatic rings. The van der Waals surface area contributed by atoms with E-state index in [-0.39, 0.29) is 59.7 Å². The SMILES string of the molecule is O.[CH3-].[CH3-].[CH3-].[CH3-].[CH3-].[Fe+5]. The molecule has 0 aliphatic carbocycles. The molecule has 0 amide bonds. The van der Waals surface area contributed by atoms with E-state index in [2.05, 4.69) is 0 Å². The van der Waals surface area contributed by atoms with Gasteiger partial charge in [-0.3, -0.25) is 0 Å². The largest absolute Gasteiger partial charge is 5.00 e. The Morgan fingerprint density at radius 2 is 0.429 bits per heavy atom. The quantitative estimate of drug-likeness (QED) is 0.368. The van der Waals surface area contributed by atoms with E-state index < -0.39 is 0 Å². The van der Waals surface area contributed by atoms with Gasteiger partial charge in [0, 0.05) is 0 Å². The minimum absolute atomic E-state index is 0. The van der Waals surface area contributed by atoms with Crippen LogP contribution in [0.4, 0.5) is 0 Å². The zero-order valence-corrected chi connectivity index (χ0v) is 6.96. The van der Waals surface area contributed by atoms with Crippen molar-refractivity contribution >= 4 is 0 Å². The molecule has 0 aromatic carbocycles. The summed E-state index contributed by atoms with van der Waals surface area (Å²) in [5.74, 6) is 0. The topological polar surface area (TPSA) is 31.5 Å². The van der Waals surface area contributed by atoms with Crippen molar-refractivity contribution in [3.63, 3.8) is 0 Å². The van der Waals surface area contributed by atoms with Crippen LogP contribution in [0.2, 0.25) is 0 Å². The monoisotopic (exact) mass is 149 g/mol. The number of hydrogen-bond donors (Lipinski definition) is 0. The van der Waals surface area contributed by atoms with Crippen molar-refractivity contribution in [3.05, 3.63) is 37.1 Å². The maximum absolute atomic E-state index is 0. The smallest absolute Gasteiger partial charge is 0.412 e. The van der Waals surface area contributed by atoms with E-state index in [1.165, 1.54) is 0 Å². The van der Waals surface area contributed by atoms with Crippen LogP contribution in [-0.4, -0.2) is 5.48 Å². The van der Waals surface area contributed by atoms with E-state index in [0.717, 1.165) is 0 Å². The van der Waals surface area contributed by atoms with Crippen LogP contribution in [0, 0.1) is 37.1 Å². The van der Waals surface area contributed by atoms with Crippen LogP contribution < -0.4 is 0 Å². The van der Waals surface area contributed by atoms with Crippen molar-refractivity contribution in [2.45, 2.75) is 0 Å². The van der Waals surface area contributed by atoms with Crippen LogP contribution >= 0.6 is 0 Å². The van der Waals surface area contributed by atoms with Crippen molar-refractivity contribution < 1.29 is 22.5 Å². The second kappa shape index (κ2) is 846. The van der Waals surface area contributed by atoms with Gasteiger partial charge in [0.25, 0.3) is 0 Å². The molecule has 51 valence electrons. The molecule has 0 spiro atoms. The fraction of sp³-hybridized carbons (Fsp3) is 0. The first-order chi connectivity index (χ1) is 0. The first kappa shape index (κ1) is 1370. The van der Waals surface area contributed by atoms with Crippen molar-refractivity contribution in [2.24, 2.45) is 0 Å². The van der Waals surface area contributed by atoms with Gasteiger partial charge in [0.05, 0.1) is 0 Å². The van der Waals surface area contributed by atoms with Crippen molar-refractivity contribution in [2.75, 3.05) is 0 Å². The molecule has 0 saturated heterocycles. The molecular formula is C5H17FeO. The summed E-state index contributed by atoms with van der Waals surface area (Å²) in [6, 6.07) is 0. The molecule has 0 bridgehead atoms. The second-order valence-electron chi connectivity index (χ2n) is 0. The van der Waals surface area contributed by atoms with Crippen molar-refractivity contribution in [1.29, 1.82) is 0 Å². The Morgan fingerprint density at radius 1 is 0.429 bits per heavy atom. The Morgan fingerprint density at radius 3 is 0.429 bits per heavy atom. The zero-order valence-electron chi connectivity index (χ0n) is 5.85.